The summed E-state index contributed by atoms with van der Waals surface area (Å²) in [6, 6.07) is 11.3. The van der Waals surface area contributed by atoms with E-state index >= 15 is 0 Å². The van der Waals surface area contributed by atoms with Gasteiger partial charge in [0.25, 0.3) is 5.91 Å². The molecule has 1 unspecified atom stereocenters. The van der Waals surface area contributed by atoms with Gasteiger partial charge in [0, 0.05) is 5.56 Å². The minimum absolute atomic E-state index is 0.00958. The van der Waals surface area contributed by atoms with Gasteiger partial charge in [-0.25, -0.2) is 9.02 Å². The molecule has 0 spiro atoms. The highest BCUT2D eigenvalue weighted by Crippen LogP contribution is 2.30. The fraction of sp³-hybridized carbons (Fsp3) is 0.211. The molecule has 140 valence electrons. The number of hydrogen-bond donors (Lipinski definition) is 1. The number of ether oxygens (including phenoxy) is 2. The van der Waals surface area contributed by atoms with Crippen LogP contribution in [0.25, 0.3) is 11.3 Å². The summed E-state index contributed by atoms with van der Waals surface area (Å²) in [6.45, 7) is 3.38. The summed E-state index contributed by atoms with van der Waals surface area (Å²) in [5.74, 6) is -0.219. The van der Waals surface area contributed by atoms with Gasteiger partial charge in [-0.2, -0.15) is 0 Å². The molecule has 3 aromatic rings. The number of para-hydroxylation sites is 1. The van der Waals surface area contributed by atoms with Crippen LogP contribution >= 0.6 is 0 Å². The SMILES string of the molecule is COc1ccc(-c2nonc2NC(=O)C(C)Oc2ccccc2F)c(C)c1. The van der Waals surface area contributed by atoms with Crippen molar-refractivity contribution in [2.75, 3.05) is 12.4 Å². The molecular formula is C19H18FN3O4. The number of carbonyl (C=O) groups excluding carboxylic acids is 1. The lowest BCUT2D eigenvalue weighted by molar-refractivity contribution is -0.122. The zero-order valence-corrected chi connectivity index (χ0v) is 15.0. The largest absolute Gasteiger partial charge is 0.497 e. The molecule has 0 aliphatic carbocycles. The number of amides is 1. The van der Waals surface area contributed by atoms with Crippen LogP contribution in [0.3, 0.4) is 0 Å². The molecular weight excluding hydrogens is 353 g/mol. The summed E-state index contributed by atoms with van der Waals surface area (Å²) in [7, 11) is 1.58. The van der Waals surface area contributed by atoms with Crippen LogP contribution in [-0.4, -0.2) is 29.4 Å². The smallest absolute Gasteiger partial charge is 0.266 e. The molecule has 1 atom stereocenters. The Hall–Kier alpha value is -3.42. The zero-order valence-electron chi connectivity index (χ0n) is 15.0. The van der Waals surface area contributed by atoms with Crippen LogP contribution in [0.5, 0.6) is 11.5 Å². The van der Waals surface area contributed by atoms with Crippen LogP contribution < -0.4 is 14.8 Å². The minimum atomic E-state index is -0.955. The van der Waals surface area contributed by atoms with Crippen molar-refractivity contribution in [3.8, 4) is 22.8 Å². The molecule has 8 heteroatoms. The first-order chi connectivity index (χ1) is 13.0. The number of anilines is 1. The van der Waals surface area contributed by atoms with Crippen LogP contribution in [0.4, 0.5) is 10.2 Å². The van der Waals surface area contributed by atoms with Crippen LogP contribution in [0, 0.1) is 12.7 Å². The quantitative estimate of drug-likeness (QED) is 0.712. The lowest BCUT2D eigenvalue weighted by atomic mass is 10.1. The second-order valence-electron chi connectivity index (χ2n) is 5.82. The van der Waals surface area contributed by atoms with Gasteiger partial charge in [0.2, 0.25) is 5.82 Å². The van der Waals surface area contributed by atoms with E-state index in [1.165, 1.54) is 25.1 Å². The van der Waals surface area contributed by atoms with E-state index in [2.05, 4.69) is 15.6 Å². The number of aromatic nitrogens is 2. The maximum Gasteiger partial charge on any atom is 0.266 e. The fourth-order valence-corrected chi connectivity index (χ4v) is 2.48. The van der Waals surface area contributed by atoms with Crippen molar-refractivity contribution in [2.24, 2.45) is 0 Å². The third-order valence-electron chi connectivity index (χ3n) is 3.93. The number of rotatable bonds is 6. The Balaban J connectivity index is 1.76. The van der Waals surface area contributed by atoms with E-state index in [1.54, 1.807) is 25.3 Å². The highest BCUT2D eigenvalue weighted by Gasteiger charge is 2.22. The first-order valence-electron chi connectivity index (χ1n) is 8.19. The highest BCUT2D eigenvalue weighted by molar-refractivity contribution is 5.96. The highest BCUT2D eigenvalue weighted by atomic mass is 19.1. The Morgan fingerprint density at radius 2 is 2.00 bits per heavy atom. The first-order valence-corrected chi connectivity index (χ1v) is 8.19. The summed E-state index contributed by atoms with van der Waals surface area (Å²) >= 11 is 0. The van der Waals surface area contributed by atoms with Gasteiger partial charge in [-0.05, 0) is 60.1 Å². The maximum atomic E-state index is 13.7. The molecule has 7 nitrogen and oxygen atoms in total. The summed E-state index contributed by atoms with van der Waals surface area (Å²) in [5, 5.41) is 10.2. The summed E-state index contributed by atoms with van der Waals surface area (Å²) in [5.41, 5.74) is 1.98. The Morgan fingerprint density at radius 3 is 2.70 bits per heavy atom. The van der Waals surface area contributed by atoms with Gasteiger partial charge in [-0.3, -0.25) is 4.79 Å². The molecule has 1 amide bonds. The Bertz CT molecular complexity index is 958. The second kappa shape index (κ2) is 7.86. The topological polar surface area (TPSA) is 86.5 Å². The van der Waals surface area contributed by atoms with Crippen LogP contribution in [0.15, 0.2) is 47.1 Å². The van der Waals surface area contributed by atoms with E-state index in [-0.39, 0.29) is 11.6 Å². The number of halogens is 1. The Labute approximate surface area is 155 Å². The average molecular weight is 371 g/mol. The Kier molecular flexibility index (Phi) is 5.35. The molecule has 0 saturated carbocycles. The van der Waals surface area contributed by atoms with Crippen molar-refractivity contribution >= 4 is 11.7 Å². The second-order valence-corrected chi connectivity index (χ2v) is 5.82. The third-order valence-corrected chi connectivity index (χ3v) is 3.93. The predicted molar refractivity (Wildman–Crippen MR) is 96.1 cm³/mol. The monoisotopic (exact) mass is 371 g/mol. The molecule has 0 bridgehead atoms. The minimum Gasteiger partial charge on any atom is -0.497 e. The van der Waals surface area contributed by atoms with Crippen molar-refractivity contribution in [1.29, 1.82) is 0 Å². The van der Waals surface area contributed by atoms with Crippen molar-refractivity contribution < 1.29 is 23.3 Å². The number of carbonyl (C=O) groups is 1. The van der Waals surface area contributed by atoms with Crippen molar-refractivity contribution in [3.05, 3.63) is 53.8 Å². The summed E-state index contributed by atoms with van der Waals surface area (Å²) < 4.78 is 29.0. The number of methoxy groups -OCH3 is 1. The fourth-order valence-electron chi connectivity index (χ4n) is 2.48. The molecule has 0 aliphatic rings. The molecule has 2 aromatic carbocycles. The van der Waals surface area contributed by atoms with Crippen LogP contribution in [0.2, 0.25) is 0 Å². The molecule has 1 aromatic heterocycles. The molecule has 1 heterocycles. The van der Waals surface area contributed by atoms with E-state index in [1.807, 2.05) is 13.0 Å². The van der Waals surface area contributed by atoms with E-state index in [4.69, 9.17) is 14.1 Å². The van der Waals surface area contributed by atoms with Gasteiger partial charge in [0.05, 0.1) is 7.11 Å². The van der Waals surface area contributed by atoms with Gasteiger partial charge in [0.1, 0.15) is 5.75 Å². The van der Waals surface area contributed by atoms with Gasteiger partial charge in [-0.1, -0.05) is 12.1 Å². The molecule has 0 saturated heterocycles. The van der Waals surface area contributed by atoms with E-state index in [0.717, 1.165) is 11.1 Å². The number of nitrogens with one attached hydrogen (secondary N) is 1. The van der Waals surface area contributed by atoms with E-state index in [0.29, 0.717) is 11.4 Å². The molecule has 1 N–H and O–H groups in total. The lowest BCUT2D eigenvalue weighted by Gasteiger charge is -2.14. The predicted octanol–water partition coefficient (Wildman–Crippen LogP) is 3.60. The lowest BCUT2D eigenvalue weighted by Crippen LogP contribution is -2.30. The molecule has 3 rings (SSSR count). The first kappa shape index (κ1) is 18.4. The van der Waals surface area contributed by atoms with E-state index in [9.17, 15) is 9.18 Å². The average Bonchev–Trinajstić information content (AvgIpc) is 3.11. The van der Waals surface area contributed by atoms with Crippen molar-refractivity contribution in [2.45, 2.75) is 20.0 Å². The van der Waals surface area contributed by atoms with E-state index < -0.39 is 17.8 Å². The normalized spacial score (nSPS) is 11.7. The molecule has 0 fully saturated rings. The summed E-state index contributed by atoms with van der Waals surface area (Å²) in [6.07, 6.45) is -0.955. The Morgan fingerprint density at radius 1 is 1.22 bits per heavy atom. The van der Waals surface area contributed by atoms with Crippen molar-refractivity contribution in [1.82, 2.24) is 10.3 Å². The van der Waals surface area contributed by atoms with Crippen molar-refractivity contribution in [3.63, 3.8) is 0 Å². The zero-order chi connectivity index (χ0) is 19.4. The van der Waals surface area contributed by atoms with Gasteiger partial charge in [0.15, 0.2) is 23.4 Å². The summed E-state index contributed by atoms with van der Waals surface area (Å²) in [4.78, 5) is 12.4. The molecule has 0 radical (unpaired) electrons. The van der Waals surface area contributed by atoms with Crippen LogP contribution in [-0.2, 0) is 4.79 Å². The van der Waals surface area contributed by atoms with Gasteiger partial charge < -0.3 is 14.8 Å². The molecule has 0 aliphatic heterocycles. The van der Waals surface area contributed by atoms with Gasteiger partial charge in [-0.15, -0.1) is 0 Å². The standard InChI is InChI=1S/C19H18FN3O4/c1-11-10-13(25-3)8-9-14(11)17-18(23-27-22-17)21-19(24)12(2)26-16-7-5-4-6-15(16)20/h4-10,12H,1-3H3,(H,21,23,24). The number of hydrogen-bond acceptors (Lipinski definition) is 6. The maximum absolute atomic E-state index is 13.7. The third kappa shape index (κ3) is 4.05. The van der Waals surface area contributed by atoms with Gasteiger partial charge >= 0.3 is 0 Å². The van der Waals surface area contributed by atoms with Crippen LogP contribution in [0.1, 0.15) is 12.5 Å². The number of aryl methyl sites for hydroxylation is 1. The number of benzene rings is 2. The number of nitrogens with zero attached hydrogens (tertiary/aromatic N) is 2. The molecule has 27 heavy (non-hydrogen) atoms.